The Balaban J connectivity index is 1.87. The van der Waals surface area contributed by atoms with Gasteiger partial charge in [0, 0.05) is 29.9 Å². The Morgan fingerprint density at radius 1 is 1.41 bits per heavy atom. The number of methoxy groups -OCH3 is 1. The van der Waals surface area contributed by atoms with Crippen LogP contribution in [-0.2, 0) is 20.7 Å². The van der Waals surface area contributed by atoms with E-state index < -0.39 is 18.1 Å². The summed E-state index contributed by atoms with van der Waals surface area (Å²) in [6, 6.07) is 7.22. The van der Waals surface area contributed by atoms with Crippen LogP contribution in [0.2, 0.25) is 5.02 Å². The number of allylic oxidation sites excluding steroid dienone is 1. The zero-order valence-electron chi connectivity index (χ0n) is 16.5. The third-order valence-corrected chi connectivity index (χ3v) is 5.23. The lowest BCUT2D eigenvalue weighted by molar-refractivity contribution is -0.134. The molecule has 0 radical (unpaired) electrons. The fraction of sp³-hybridized carbons (Fsp3) is 0.478. The second kappa shape index (κ2) is 11.8. The van der Waals surface area contributed by atoms with Gasteiger partial charge in [0.1, 0.15) is 11.9 Å². The van der Waals surface area contributed by atoms with Crippen molar-refractivity contribution in [1.29, 1.82) is 0 Å². The molecule has 0 aliphatic heterocycles. The number of halogens is 1. The van der Waals surface area contributed by atoms with Crippen LogP contribution in [-0.4, -0.2) is 41.3 Å². The molecule has 5 nitrogen and oxygen atoms in total. The number of esters is 1. The molecular formula is C23H27ClO5. The van der Waals surface area contributed by atoms with Gasteiger partial charge in [0.2, 0.25) is 0 Å². The number of carbonyl (C=O) groups is 2. The molecule has 156 valence electrons. The molecule has 1 aliphatic carbocycles. The zero-order valence-corrected chi connectivity index (χ0v) is 17.3. The number of rotatable bonds is 8. The van der Waals surface area contributed by atoms with E-state index in [4.69, 9.17) is 11.6 Å². The van der Waals surface area contributed by atoms with E-state index in [1.807, 2.05) is 12.1 Å². The summed E-state index contributed by atoms with van der Waals surface area (Å²) in [6.07, 6.45) is 4.86. The van der Waals surface area contributed by atoms with Crippen molar-refractivity contribution in [2.45, 2.75) is 50.7 Å². The quantitative estimate of drug-likeness (QED) is 0.293. The summed E-state index contributed by atoms with van der Waals surface area (Å²) in [5.74, 6) is 4.59. The van der Waals surface area contributed by atoms with Gasteiger partial charge in [-0.2, -0.15) is 0 Å². The van der Waals surface area contributed by atoms with Crippen LogP contribution in [0.25, 0.3) is 0 Å². The summed E-state index contributed by atoms with van der Waals surface area (Å²) in [4.78, 5) is 23.2. The minimum absolute atomic E-state index is 0.0197. The Morgan fingerprint density at radius 3 is 2.93 bits per heavy atom. The number of benzene rings is 1. The van der Waals surface area contributed by atoms with Crippen LogP contribution < -0.4 is 0 Å². The Labute approximate surface area is 176 Å². The summed E-state index contributed by atoms with van der Waals surface area (Å²) in [5.41, 5.74) is 0.874. The Hall–Kier alpha value is -2.13. The highest BCUT2D eigenvalue weighted by Crippen LogP contribution is 2.32. The average molecular weight is 419 g/mol. The lowest BCUT2D eigenvalue weighted by Gasteiger charge is -2.15. The molecule has 0 aromatic heterocycles. The van der Waals surface area contributed by atoms with Crippen LogP contribution in [0.15, 0.2) is 36.4 Å². The van der Waals surface area contributed by atoms with Crippen molar-refractivity contribution in [1.82, 2.24) is 0 Å². The smallest absolute Gasteiger partial charge is 0.330 e. The SMILES string of the molecule is COC(=O)/C=C/CCCC[C@H]1C(=O)C[C@@H](O)[C@@H]1C#CC(O)Cc1cccc(Cl)c1. The van der Waals surface area contributed by atoms with E-state index in [-0.39, 0.29) is 24.1 Å². The van der Waals surface area contributed by atoms with Gasteiger partial charge in [-0.25, -0.2) is 4.79 Å². The Morgan fingerprint density at radius 2 is 2.21 bits per heavy atom. The van der Waals surface area contributed by atoms with Gasteiger partial charge in [-0.1, -0.05) is 48.1 Å². The van der Waals surface area contributed by atoms with E-state index in [1.54, 1.807) is 18.2 Å². The predicted molar refractivity (Wildman–Crippen MR) is 111 cm³/mol. The summed E-state index contributed by atoms with van der Waals surface area (Å²) < 4.78 is 4.53. The van der Waals surface area contributed by atoms with E-state index in [9.17, 15) is 19.8 Å². The van der Waals surface area contributed by atoms with Crippen molar-refractivity contribution in [2.75, 3.05) is 7.11 Å². The number of unbranched alkanes of at least 4 members (excludes halogenated alkanes) is 2. The van der Waals surface area contributed by atoms with Gasteiger partial charge in [0.25, 0.3) is 0 Å². The highest BCUT2D eigenvalue weighted by Gasteiger charge is 2.40. The first-order chi connectivity index (χ1) is 13.9. The van der Waals surface area contributed by atoms with Crippen LogP contribution >= 0.6 is 11.6 Å². The van der Waals surface area contributed by atoms with Crippen molar-refractivity contribution in [3.05, 3.63) is 47.0 Å². The molecule has 29 heavy (non-hydrogen) atoms. The molecule has 2 N–H and O–H groups in total. The van der Waals surface area contributed by atoms with Gasteiger partial charge < -0.3 is 14.9 Å². The number of aliphatic hydroxyl groups excluding tert-OH is 2. The maximum atomic E-state index is 12.2. The molecule has 4 atom stereocenters. The average Bonchev–Trinajstić information content (AvgIpc) is 2.95. The third-order valence-electron chi connectivity index (χ3n) is 5.00. The molecule has 0 amide bonds. The molecule has 1 saturated carbocycles. The summed E-state index contributed by atoms with van der Waals surface area (Å²) in [7, 11) is 1.33. The van der Waals surface area contributed by atoms with Gasteiger partial charge in [-0.05, 0) is 37.0 Å². The van der Waals surface area contributed by atoms with E-state index in [0.717, 1.165) is 18.4 Å². The van der Waals surface area contributed by atoms with Gasteiger partial charge in [-0.3, -0.25) is 4.79 Å². The highest BCUT2D eigenvalue weighted by molar-refractivity contribution is 6.30. The van der Waals surface area contributed by atoms with Gasteiger partial charge >= 0.3 is 5.97 Å². The first-order valence-electron chi connectivity index (χ1n) is 9.79. The topological polar surface area (TPSA) is 83.8 Å². The predicted octanol–water partition coefficient (Wildman–Crippen LogP) is 3.10. The molecule has 0 saturated heterocycles. The summed E-state index contributed by atoms with van der Waals surface area (Å²) >= 11 is 5.95. The van der Waals surface area contributed by atoms with Crippen molar-refractivity contribution >= 4 is 23.4 Å². The number of hydrogen-bond acceptors (Lipinski definition) is 5. The Bertz CT molecular complexity index is 792. The largest absolute Gasteiger partial charge is 0.466 e. The van der Waals surface area contributed by atoms with E-state index in [1.165, 1.54) is 13.2 Å². The van der Waals surface area contributed by atoms with Gasteiger partial charge in [0.15, 0.2) is 0 Å². The first-order valence-corrected chi connectivity index (χ1v) is 10.2. The second-order valence-electron chi connectivity index (χ2n) is 7.22. The number of hydrogen-bond donors (Lipinski definition) is 2. The fourth-order valence-corrected chi connectivity index (χ4v) is 3.71. The van der Waals surface area contributed by atoms with E-state index in [2.05, 4.69) is 16.6 Å². The monoisotopic (exact) mass is 418 g/mol. The standard InChI is InChI=1S/C23H27ClO5/c1-29-23(28)10-5-3-2-4-9-19-20(22(27)15-21(19)26)12-11-18(25)14-16-7-6-8-17(24)13-16/h5-8,10,13,18-20,22,25,27H,2-4,9,14-15H2,1H3/b10-5+/t18?,19-,20-,22-/m1/s1. The molecule has 2 rings (SSSR count). The molecule has 0 spiro atoms. The fourth-order valence-electron chi connectivity index (χ4n) is 3.49. The normalized spacial score (nSPS) is 22.3. The van der Waals surface area contributed by atoms with Crippen molar-refractivity contribution in [3.63, 3.8) is 0 Å². The van der Waals surface area contributed by atoms with Crippen LogP contribution in [0.1, 0.15) is 37.7 Å². The minimum Gasteiger partial charge on any atom is -0.466 e. The molecule has 6 heteroatoms. The van der Waals surface area contributed by atoms with Crippen LogP contribution in [0.4, 0.5) is 0 Å². The maximum absolute atomic E-state index is 12.2. The number of ketones is 1. The van der Waals surface area contributed by atoms with Crippen LogP contribution in [0.5, 0.6) is 0 Å². The van der Waals surface area contributed by atoms with Crippen molar-refractivity contribution < 1.29 is 24.5 Å². The zero-order chi connectivity index (χ0) is 21.2. The summed E-state index contributed by atoms with van der Waals surface area (Å²) in [6.45, 7) is 0. The lowest BCUT2D eigenvalue weighted by Crippen LogP contribution is -2.20. The maximum Gasteiger partial charge on any atom is 0.330 e. The molecule has 1 unspecified atom stereocenters. The number of aliphatic hydroxyl groups is 2. The summed E-state index contributed by atoms with van der Waals surface area (Å²) in [5, 5.41) is 21.0. The van der Waals surface area contributed by atoms with Crippen molar-refractivity contribution in [2.24, 2.45) is 11.8 Å². The van der Waals surface area contributed by atoms with Crippen LogP contribution in [0.3, 0.4) is 0 Å². The lowest BCUT2D eigenvalue weighted by atomic mass is 9.89. The van der Waals surface area contributed by atoms with Gasteiger partial charge in [-0.15, -0.1) is 0 Å². The number of carbonyl (C=O) groups excluding carboxylic acids is 2. The number of Topliss-reactive ketones (excluding diaryl/α,β-unsaturated/α-hetero) is 1. The Kier molecular flexibility index (Phi) is 9.40. The minimum atomic E-state index is -0.888. The molecular weight excluding hydrogens is 392 g/mol. The molecule has 0 bridgehead atoms. The first kappa shape index (κ1) is 23.2. The van der Waals surface area contributed by atoms with Crippen molar-refractivity contribution in [3.8, 4) is 11.8 Å². The van der Waals surface area contributed by atoms with E-state index in [0.29, 0.717) is 24.3 Å². The highest BCUT2D eigenvalue weighted by atomic mass is 35.5. The van der Waals surface area contributed by atoms with E-state index >= 15 is 0 Å². The molecule has 1 fully saturated rings. The van der Waals surface area contributed by atoms with Crippen LogP contribution in [0, 0.1) is 23.7 Å². The second-order valence-corrected chi connectivity index (χ2v) is 7.66. The number of ether oxygens (including phenoxy) is 1. The van der Waals surface area contributed by atoms with Gasteiger partial charge in [0.05, 0.1) is 19.1 Å². The molecule has 1 aromatic rings. The molecule has 1 aliphatic rings. The third kappa shape index (κ3) is 7.66. The molecule has 0 heterocycles. The molecule has 1 aromatic carbocycles.